The molecule has 0 aromatic carbocycles. The summed E-state index contributed by atoms with van der Waals surface area (Å²) < 4.78 is 9.67. The van der Waals surface area contributed by atoms with E-state index in [4.69, 9.17) is 14.6 Å². The fraction of sp³-hybridized carbons (Fsp3) is 0.875. The third-order valence-corrected chi connectivity index (χ3v) is 1.15. The van der Waals surface area contributed by atoms with E-state index in [2.05, 4.69) is 0 Å². The lowest BCUT2D eigenvalue weighted by atomic mass is 10.4. The molecule has 0 aliphatic carbocycles. The first-order chi connectivity index (χ1) is 5.81. The fourth-order valence-corrected chi connectivity index (χ4v) is 0.610. The normalized spacial score (nSPS) is 9.83. The van der Waals surface area contributed by atoms with Gasteiger partial charge >= 0.3 is 5.97 Å². The number of aliphatic hydroxyl groups is 1. The van der Waals surface area contributed by atoms with Crippen LogP contribution in [0.3, 0.4) is 0 Å². The molecule has 0 unspecified atom stereocenters. The molecular formula is C8H16O4. The molecule has 0 aliphatic heterocycles. The molecule has 4 nitrogen and oxygen atoms in total. The first-order valence-corrected chi connectivity index (χ1v) is 4.15. The smallest absolute Gasteiger partial charge is 0.308 e. The minimum Gasteiger partial charge on any atom is -0.466 e. The fourth-order valence-electron chi connectivity index (χ4n) is 0.610. The molecule has 1 N–H and O–H groups in total. The molecule has 12 heavy (non-hydrogen) atoms. The van der Waals surface area contributed by atoms with Gasteiger partial charge in [0.2, 0.25) is 0 Å². The number of carbonyl (C=O) groups is 1. The van der Waals surface area contributed by atoms with Crippen molar-refractivity contribution in [1.82, 2.24) is 0 Å². The molecule has 4 heteroatoms. The Bertz CT molecular complexity index is 114. The van der Waals surface area contributed by atoms with Gasteiger partial charge in [0.25, 0.3) is 0 Å². The Morgan fingerprint density at radius 2 is 2.08 bits per heavy atom. The molecule has 0 fully saturated rings. The van der Waals surface area contributed by atoms with Crippen LogP contribution >= 0.6 is 0 Å². The van der Waals surface area contributed by atoms with E-state index in [0.717, 1.165) is 6.42 Å². The largest absolute Gasteiger partial charge is 0.466 e. The number of aliphatic hydroxyl groups excluding tert-OH is 1. The van der Waals surface area contributed by atoms with Gasteiger partial charge in [-0.3, -0.25) is 4.79 Å². The Kier molecular flexibility index (Phi) is 8.05. The van der Waals surface area contributed by atoms with Crippen LogP contribution in [0.15, 0.2) is 0 Å². The van der Waals surface area contributed by atoms with E-state index in [1.54, 1.807) is 0 Å². The van der Waals surface area contributed by atoms with Gasteiger partial charge in [-0.1, -0.05) is 6.92 Å². The van der Waals surface area contributed by atoms with Gasteiger partial charge in [0.15, 0.2) is 0 Å². The van der Waals surface area contributed by atoms with Crippen LogP contribution in [0, 0.1) is 0 Å². The Balaban J connectivity index is 3.08. The van der Waals surface area contributed by atoms with E-state index in [9.17, 15) is 4.79 Å². The van der Waals surface area contributed by atoms with E-state index in [-0.39, 0.29) is 25.6 Å². The van der Waals surface area contributed by atoms with Crippen LogP contribution in [-0.2, 0) is 14.3 Å². The summed E-state index contributed by atoms with van der Waals surface area (Å²) in [5.41, 5.74) is 0. The molecule has 0 heterocycles. The summed E-state index contributed by atoms with van der Waals surface area (Å²) in [7, 11) is 0. The van der Waals surface area contributed by atoms with Gasteiger partial charge in [0.05, 0.1) is 32.8 Å². The molecular weight excluding hydrogens is 160 g/mol. The topological polar surface area (TPSA) is 55.8 Å². The Morgan fingerprint density at radius 1 is 1.33 bits per heavy atom. The van der Waals surface area contributed by atoms with Crippen molar-refractivity contribution in [2.24, 2.45) is 0 Å². The third kappa shape index (κ3) is 7.50. The molecule has 72 valence electrons. The van der Waals surface area contributed by atoms with Gasteiger partial charge in [0, 0.05) is 0 Å². The highest BCUT2D eigenvalue weighted by molar-refractivity contribution is 5.69. The van der Waals surface area contributed by atoms with Crippen molar-refractivity contribution >= 4 is 5.97 Å². The lowest BCUT2D eigenvalue weighted by Gasteiger charge is -2.02. The quantitative estimate of drug-likeness (QED) is 0.449. The van der Waals surface area contributed by atoms with E-state index >= 15 is 0 Å². The van der Waals surface area contributed by atoms with E-state index in [0.29, 0.717) is 13.2 Å². The highest BCUT2D eigenvalue weighted by Crippen LogP contribution is 1.89. The van der Waals surface area contributed by atoms with Crippen molar-refractivity contribution in [2.45, 2.75) is 19.8 Å². The average Bonchev–Trinajstić information content (AvgIpc) is 2.09. The summed E-state index contributed by atoms with van der Waals surface area (Å²) in [6, 6.07) is 0. The van der Waals surface area contributed by atoms with Crippen LogP contribution in [0.4, 0.5) is 0 Å². The zero-order chi connectivity index (χ0) is 9.23. The maximum Gasteiger partial charge on any atom is 0.308 e. The molecule has 0 amide bonds. The average molecular weight is 176 g/mol. The van der Waals surface area contributed by atoms with Crippen LogP contribution < -0.4 is 0 Å². The summed E-state index contributed by atoms with van der Waals surface area (Å²) in [4.78, 5) is 10.8. The van der Waals surface area contributed by atoms with Crippen molar-refractivity contribution in [3.63, 3.8) is 0 Å². The number of hydrogen-bond donors (Lipinski definition) is 1. The number of carbonyl (C=O) groups excluding carboxylic acids is 1. The van der Waals surface area contributed by atoms with Crippen molar-refractivity contribution in [3.05, 3.63) is 0 Å². The van der Waals surface area contributed by atoms with Crippen LogP contribution in [-0.4, -0.2) is 37.5 Å². The second kappa shape index (κ2) is 8.49. The summed E-state index contributed by atoms with van der Waals surface area (Å²) in [6.45, 7) is 3.00. The molecule has 0 rings (SSSR count). The second-order valence-corrected chi connectivity index (χ2v) is 2.31. The Morgan fingerprint density at radius 3 is 2.67 bits per heavy atom. The predicted molar refractivity (Wildman–Crippen MR) is 43.8 cm³/mol. The standard InChI is InChI=1S/C8H16O4/c1-2-5-12-8(10)3-6-11-7-4-9/h9H,2-7H2,1H3. The highest BCUT2D eigenvalue weighted by Gasteiger charge is 2.00. The maximum absolute atomic E-state index is 10.8. The van der Waals surface area contributed by atoms with Crippen LogP contribution in [0.5, 0.6) is 0 Å². The summed E-state index contributed by atoms with van der Waals surface area (Å²) in [5.74, 6) is -0.241. The minimum absolute atomic E-state index is 0.00991. The molecule has 0 aliphatic rings. The lowest BCUT2D eigenvalue weighted by molar-refractivity contribution is -0.144. The van der Waals surface area contributed by atoms with E-state index < -0.39 is 0 Å². The van der Waals surface area contributed by atoms with Crippen LogP contribution in [0.25, 0.3) is 0 Å². The van der Waals surface area contributed by atoms with E-state index in [1.807, 2.05) is 6.92 Å². The first-order valence-electron chi connectivity index (χ1n) is 4.15. The molecule has 0 bridgehead atoms. The van der Waals surface area contributed by atoms with Gasteiger partial charge in [-0.2, -0.15) is 0 Å². The zero-order valence-electron chi connectivity index (χ0n) is 7.41. The SMILES string of the molecule is CCCOC(=O)CCOCCO. The summed E-state index contributed by atoms with van der Waals surface area (Å²) >= 11 is 0. The third-order valence-electron chi connectivity index (χ3n) is 1.15. The molecule has 0 saturated heterocycles. The number of ether oxygens (including phenoxy) is 2. The molecule has 0 aromatic heterocycles. The molecule has 0 spiro atoms. The molecule has 0 aromatic rings. The maximum atomic E-state index is 10.8. The van der Waals surface area contributed by atoms with Crippen LogP contribution in [0.2, 0.25) is 0 Å². The van der Waals surface area contributed by atoms with Crippen molar-refractivity contribution < 1.29 is 19.4 Å². The van der Waals surface area contributed by atoms with Gasteiger partial charge in [-0.05, 0) is 6.42 Å². The molecule has 0 radical (unpaired) electrons. The minimum atomic E-state index is -0.241. The lowest BCUT2D eigenvalue weighted by Crippen LogP contribution is -2.10. The second-order valence-electron chi connectivity index (χ2n) is 2.31. The Hall–Kier alpha value is -0.610. The predicted octanol–water partition coefficient (Wildman–Crippen LogP) is 0.339. The summed E-state index contributed by atoms with van der Waals surface area (Å²) in [5, 5.41) is 8.33. The summed E-state index contributed by atoms with van der Waals surface area (Å²) in [6.07, 6.45) is 1.10. The number of esters is 1. The van der Waals surface area contributed by atoms with Gasteiger partial charge in [-0.15, -0.1) is 0 Å². The molecule has 0 atom stereocenters. The van der Waals surface area contributed by atoms with Crippen LogP contribution in [0.1, 0.15) is 19.8 Å². The van der Waals surface area contributed by atoms with Gasteiger partial charge < -0.3 is 14.6 Å². The monoisotopic (exact) mass is 176 g/mol. The van der Waals surface area contributed by atoms with Crippen molar-refractivity contribution in [1.29, 1.82) is 0 Å². The van der Waals surface area contributed by atoms with Gasteiger partial charge in [-0.25, -0.2) is 0 Å². The van der Waals surface area contributed by atoms with E-state index in [1.165, 1.54) is 0 Å². The number of hydrogen-bond acceptors (Lipinski definition) is 4. The van der Waals surface area contributed by atoms with Crippen molar-refractivity contribution in [2.75, 3.05) is 26.4 Å². The van der Waals surface area contributed by atoms with Gasteiger partial charge in [0.1, 0.15) is 0 Å². The Labute approximate surface area is 72.5 Å². The highest BCUT2D eigenvalue weighted by atomic mass is 16.5. The van der Waals surface area contributed by atoms with Crippen molar-refractivity contribution in [3.8, 4) is 0 Å². The number of rotatable bonds is 7. The molecule has 0 saturated carbocycles. The zero-order valence-corrected chi connectivity index (χ0v) is 7.41. The first kappa shape index (κ1) is 11.4.